The molecule has 154 valence electrons. The Morgan fingerprint density at radius 1 is 0.926 bits per heavy atom. The summed E-state index contributed by atoms with van der Waals surface area (Å²) >= 11 is 0. The van der Waals surface area contributed by atoms with Crippen molar-refractivity contribution in [1.82, 2.24) is 0 Å². The van der Waals surface area contributed by atoms with E-state index in [1.807, 2.05) is 38.1 Å². The zero-order chi connectivity index (χ0) is 20.0. The van der Waals surface area contributed by atoms with E-state index in [0.29, 0.717) is 19.8 Å². The molecule has 1 aromatic carbocycles. The maximum Gasteiger partial charge on any atom is 0.162 e. The molecule has 0 atom stereocenters. The SMILES string of the molecule is CC1(C)OCC(N)(COc2ccc(OCCCCC[Si](C)(C)C)cc2)CO1. The minimum absolute atomic E-state index is 0.348. The molecule has 0 aliphatic carbocycles. The molecular weight excluding hydrogens is 358 g/mol. The topological polar surface area (TPSA) is 62.9 Å². The third-order valence-corrected chi connectivity index (χ3v) is 6.46. The number of benzene rings is 1. The van der Waals surface area contributed by atoms with Crippen molar-refractivity contribution >= 4 is 8.07 Å². The Bertz CT molecular complexity index is 559. The van der Waals surface area contributed by atoms with E-state index < -0.39 is 19.4 Å². The first-order valence-corrected chi connectivity index (χ1v) is 13.7. The molecule has 1 aliphatic rings. The number of unbranched alkanes of at least 4 members (excludes halogenated alkanes) is 2. The Hall–Kier alpha value is -1.08. The highest BCUT2D eigenvalue weighted by molar-refractivity contribution is 6.76. The van der Waals surface area contributed by atoms with E-state index in [0.717, 1.165) is 24.5 Å². The molecule has 0 saturated carbocycles. The van der Waals surface area contributed by atoms with Crippen molar-refractivity contribution in [1.29, 1.82) is 0 Å². The minimum atomic E-state index is -0.900. The van der Waals surface area contributed by atoms with Gasteiger partial charge in [-0.15, -0.1) is 0 Å². The number of rotatable bonds is 10. The Labute approximate surface area is 165 Å². The van der Waals surface area contributed by atoms with Gasteiger partial charge in [-0.2, -0.15) is 0 Å². The maximum atomic E-state index is 6.29. The Kier molecular flexibility index (Phi) is 7.74. The molecule has 0 unspecified atom stereocenters. The molecule has 27 heavy (non-hydrogen) atoms. The van der Waals surface area contributed by atoms with Crippen LogP contribution in [-0.4, -0.2) is 45.8 Å². The van der Waals surface area contributed by atoms with Crippen LogP contribution in [0.4, 0.5) is 0 Å². The van der Waals surface area contributed by atoms with E-state index in [4.69, 9.17) is 24.7 Å². The lowest BCUT2D eigenvalue weighted by atomic mass is 10.0. The second-order valence-electron chi connectivity index (χ2n) is 9.32. The van der Waals surface area contributed by atoms with E-state index in [2.05, 4.69) is 19.6 Å². The second-order valence-corrected chi connectivity index (χ2v) is 14.9. The molecule has 1 aliphatic heterocycles. The summed E-state index contributed by atoms with van der Waals surface area (Å²) in [7, 11) is -0.900. The molecule has 6 heteroatoms. The molecule has 1 fully saturated rings. The van der Waals surface area contributed by atoms with Crippen LogP contribution in [0, 0.1) is 0 Å². The molecular formula is C21H37NO4Si. The molecule has 0 aromatic heterocycles. The number of nitrogens with two attached hydrogens (primary N) is 1. The van der Waals surface area contributed by atoms with Gasteiger partial charge in [0.1, 0.15) is 18.1 Å². The van der Waals surface area contributed by atoms with E-state index in [1.54, 1.807) is 0 Å². The molecule has 1 aromatic rings. The lowest BCUT2D eigenvalue weighted by Crippen LogP contribution is -2.60. The van der Waals surface area contributed by atoms with Gasteiger partial charge >= 0.3 is 0 Å². The van der Waals surface area contributed by atoms with Crippen LogP contribution in [-0.2, 0) is 9.47 Å². The number of ether oxygens (including phenoxy) is 4. The molecule has 5 nitrogen and oxygen atoms in total. The minimum Gasteiger partial charge on any atom is -0.494 e. The van der Waals surface area contributed by atoms with Gasteiger partial charge in [0.25, 0.3) is 0 Å². The van der Waals surface area contributed by atoms with Gasteiger partial charge in [-0.25, -0.2) is 0 Å². The molecule has 1 saturated heterocycles. The Morgan fingerprint density at radius 2 is 1.48 bits per heavy atom. The third kappa shape index (κ3) is 8.64. The Morgan fingerprint density at radius 3 is 2.04 bits per heavy atom. The van der Waals surface area contributed by atoms with Crippen molar-refractivity contribution in [2.45, 2.75) is 70.1 Å². The average molecular weight is 396 g/mol. The van der Waals surface area contributed by atoms with E-state index >= 15 is 0 Å². The molecule has 0 radical (unpaired) electrons. The summed E-state index contributed by atoms with van der Waals surface area (Å²) in [6.45, 7) is 13.0. The predicted octanol–water partition coefficient (Wildman–Crippen LogP) is 4.43. The van der Waals surface area contributed by atoms with Gasteiger partial charge < -0.3 is 24.7 Å². The summed E-state index contributed by atoms with van der Waals surface area (Å²) in [4.78, 5) is 0. The highest BCUT2D eigenvalue weighted by Crippen LogP contribution is 2.24. The van der Waals surface area contributed by atoms with E-state index in [9.17, 15) is 0 Å². The smallest absolute Gasteiger partial charge is 0.162 e. The van der Waals surface area contributed by atoms with Crippen LogP contribution in [0.5, 0.6) is 11.5 Å². The zero-order valence-electron chi connectivity index (χ0n) is 17.7. The molecule has 2 rings (SSSR count). The third-order valence-electron chi connectivity index (χ3n) is 4.60. The average Bonchev–Trinajstić information content (AvgIpc) is 2.59. The molecule has 1 heterocycles. The van der Waals surface area contributed by atoms with Crippen LogP contribution in [0.3, 0.4) is 0 Å². The van der Waals surface area contributed by atoms with Gasteiger partial charge in [0.05, 0.1) is 25.4 Å². The van der Waals surface area contributed by atoms with Crippen molar-refractivity contribution in [2.75, 3.05) is 26.4 Å². The van der Waals surface area contributed by atoms with Crippen molar-refractivity contribution in [2.24, 2.45) is 5.73 Å². The van der Waals surface area contributed by atoms with Gasteiger partial charge in [0.15, 0.2) is 5.79 Å². The highest BCUT2D eigenvalue weighted by atomic mass is 28.3. The van der Waals surface area contributed by atoms with Crippen LogP contribution < -0.4 is 15.2 Å². The standard InChI is InChI=1S/C21H37NO4Si/c1-20(2)25-16-21(22,17-26-20)15-24-19-11-9-18(10-12-19)23-13-7-6-8-14-27(3,4)5/h9-12H,6-8,13-17,22H2,1-5H3. The zero-order valence-corrected chi connectivity index (χ0v) is 18.7. The lowest BCUT2D eigenvalue weighted by molar-refractivity contribution is -0.269. The van der Waals surface area contributed by atoms with Crippen LogP contribution >= 0.6 is 0 Å². The van der Waals surface area contributed by atoms with Gasteiger partial charge in [-0.05, 0) is 44.5 Å². The van der Waals surface area contributed by atoms with Crippen molar-refractivity contribution in [3.63, 3.8) is 0 Å². The number of hydrogen-bond donors (Lipinski definition) is 1. The van der Waals surface area contributed by atoms with Gasteiger partial charge in [0, 0.05) is 8.07 Å². The van der Waals surface area contributed by atoms with Gasteiger partial charge in [0.2, 0.25) is 0 Å². The first-order chi connectivity index (χ1) is 12.6. The monoisotopic (exact) mass is 395 g/mol. The van der Waals surface area contributed by atoms with E-state index in [-0.39, 0.29) is 0 Å². The van der Waals surface area contributed by atoms with Crippen LogP contribution in [0.25, 0.3) is 0 Å². The number of hydrogen-bond acceptors (Lipinski definition) is 5. The predicted molar refractivity (Wildman–Crippen MR) is 112 cm³/mol. The fraction of sp³-hybridized carbons (Fsp3) is 0.714. The molecule has 2 N–H and O–H groups in total. The second kappa shape index (κ2) is 9.41. The van der Waals surface area contributed by atoms with Crippen molar-refractivity contribution in [3.8, 4) is 11.5 Å². The lowest BCUT2D eigenvalue weighted by Gasteiger charge is -2.40. The summed E-state index contributed by atoms with van der Waals surface area (Å²) in [5.41, 5.74) is 5.67. The first kappa shape index (κ1) is 22.2. The first-order valence-electron chi connectivity index (χ1n) is 10.00. The summed E-state index contributed by atoms with van der Waals surface area (Å²) in [5, 5.41) is 0. The maximum absolute atomic E-state index is 6.29. The normalized spacial score (nSPS) is 18.9. The highest BCUT2D eigenvalue weighted by Gasteiger charge is 2.37. The fourth-order valence-corrected chi connectivity index (χ4v) is 4.10. The quantitative estimate of drug-likeness (QED) is 0.469. The summed E-state index contributed by atoms with van der Waals surface area (Å²) in [6, 6.07) is 9.11. The largest absolute Gasteiger partial charge is 0.494 e. The van der Waals surface area contributed by atoms with Crippen LogP contribution in [0.1, 0.15) is 33.1 Å². The Balaban J connectivity index is 1.65. The molecule has 0 spiro atoms. The van der Waals surface area contributed by atoms with Crippen LogP contribution in [0.2, 0.25) is 25.7 Å². The summed E-state index contributed by atoms with van der Waals surface area (Å²) < 4.78 is 22.9. The molecule has 0 bridgehead atoms. The van der Waals surface area contributed by atoms with Gasteiger partial charge in [-0.3, -0.25) is 0 Å². The molecule has 0 amide bonds. The van der Waals surface area contributed by atoms with Crippen molar-refractivity contribution < 1.29 is 18.9 Å². The summed E-state index contributed by atoms with van der Waals surface area (Å²) in [6.07, 6.45) is 3.66. The van der Waals surface area contributed by atoms with Crippen LogP contribution in [0.15, 0.2) is 24.3 Å². The summed E-state index contributed by atoms with van der Waals surface area (Å²) in [5.74, 6) is 1.07. The van der Waals surface area contributed by atoms with E-state index in [1.165, 1.54) is 18.9 Å². The fourth-order valence-electron chi connectivity index (χ4n) is 2.79. The van der Waals surface area contributed by atoms with Gasteiger partial charge in [-0.1, -0.05) is 38.5 Å². The van der Waals surface area contributed by atoms with Crippen molar-refractivity contribution in [3.05, 3.63) is 24.3 Å².